The van der Waals surface area contributed by atoms with Crippen LogP contribution in [0.4, 0.5) is 0 Å². The quantitative estimate of drug-likeness (QED) is 0.435. The maximum Gasteiger partial charge on any atom is 0.291 e. The van der Waals surface area contributed by atoms with Gasteiger partial charge < -0.3 is 14.7 Å². The molecule has 12 heteroatoms. The van der Waals surface area contributed by atoms with Gasteiger partial charge in [-0.15, -0.1) is 11.3 Å². The molecule has 0 bridgehead atoms. The number of primary amides is 1. The van der Waals surface area contributed by atoms with Crippen molar-refractivity contribution in [1.29, 1.82) is 0 Å². The molecular formula is C17H14N8O3S. The van der Waals surface area contributed by atoms with E-state index in [1.807, 2.05) is 6.07 Å². The molecule has 1 amide bonds. The fourth-order valence-electron chi connectivity index (χ4n) is 3.29. The lowest BCUT2D eigenvalue weighted by Gasteiger charge is -2.04. The van der Waals surface area contributed by atoms with Crippen molar-refractivity contribution in [2.45, 2.75) is 13.0 Å². The van der Waals surface area contributed by atoms with Gasteiger partial charge in [0.2, 0.25) is 5.76 Å². The molecule has 29 heavy (non-hydrogen) atoms. The Morgan fingerprint density at radius 3 is 3.03 bits per heavy atom. The van der Waals surface area contributed by atoms with Crippen LogP contribution in [0.3, 0.4) is 0 Å². The number of aryl methyl sites for hydroxylation is 1. The highest BCUT2D eigenvalue weighted by Gasteiger charge is 2.20. The lowest BCUT2D eigenvalue weighted by atomic mass is 10.3. The summed E-state index contributed by atoms with van der Waals surface area (Å²) in [6.45, 7) is -0.0269. The Morgan fingerprint density at radius 1 is 1.41 bits per heavy atom. The Bertz CT molecular complexity index is 1420. The van der Waals surface area contributed by atoms with Gasteiger partial charge in [0.15, 0.2) is 12.0 Å². The summed E-state index contributed by atoms with van der Waals surface area (Å²) in [6, 6.07) is 1.90. The number of nitrogens with one attached hydrogen (secondary N) is 1. The number of amides is 1. The first-order valence-corrected chi connectivity index (χ1v) is 9.39. The molecule has 5 aromatic rings. The van der Waals surface area contributed by atoms with Crippen molar-refractivity contribution in [2.75, 3.05) is 0 Å². The van der Waals surface area contributed by atoms with E-state index in [4.69, 9.17) is 10.2 Å². The summed E-state index contributed by atoms with van der Waals surface area (Å²) in [5.74, 6) is -0.836. The van der Waals surface area contributed by atoms with Crippen molar-refractivity contribution in [1.82, 2.24) is 34.5 Å². The number of hydrogen-bond acceptors (Lipinski definition) is 8. The van der Waals surface area contributed by atoms with Gasteiger partial charge in [-0.25, -0.2) is 14.6 Å². The Balaban J connectivity index is 1.58. The first-order valence-electron chi connectivity index (χ1n) is 8.57. The maximum atomic E-state index is 13.0. The minimum atomic E-state index is -0.750. The van der Waals surface area contributed by atoms with E-state index in [0.29, 0.717) is 11.9 Å². The monoisotopic (exact) mass is 410 g/mol. The van der Waals surface area contributed by atoms with Gasteiger partial charge in [0, 0.05) is 30.7 Å². The van der Waals surface area contributed by atoms with Crippen LogP contribution in [0, 0.1) is 0 Å². The van der Waals surface area contributed by atoms with Gasteiger partial charge in [-0.3, -0.25) is 14.7 Å². The molecule has 146 valence electrons. The van der Waals surface area contributed by atoms with E-state index in [1.54, 1.807) is 24.0 Å². The van der Waals surface area contributed by atoms with Gasteiger partial charge in [0.05, 0.1) is 17.4 Å². The number of rotatable bonds is 5. The molecule has 0 saturated heterocycles. The molecule has 5 rings (SSSR count). The highest BCUT2D eigenvalue weighted by Crippen LogP contribution is 2.31. The van der Waals surface area contributed by atoms with Gasteiger partial charge in [-0.1, -0.05) is 0 Å². The maximum absolute atomic E-state index is 13.0. The van der Waals surface area contributed by atoms with Gasteiger partial charge in [0.1, 0.15) is 16.2 Å². The average molecular weight is 410 g/mol. The first-order chi connectivity index (χ1) is 14.0. The summed E-state index contributed by atoms with van der Waals surface area (Å²) in [4.78, 5) is 33.1. The Kier molecular flexibility index (Phi) is 3.81. The smallest absolute Gasteiger partial charge is 0.291 e. The first kappa shape index (κ1) is 17.3. The molecule has 5 aromatic heterocycles. The highest BCUT2D eigenvalue weighted by molar-refractivity contribution is 7.19. The molecule has 0 spiro atoms. The molecular weight excluding hydrogens is 396 g/mol. The fraction of sp³-hybridized carbons (Fsp3) is 0.176. The summed E-state index contributed by atoms with van der Waals surface area (Å²) in [6.07, 6.45) is 5.07. The summed E-state index contributed by atoms with van der Waals surface area (Å²) in [5, 5.41) is 12.8. The number of oxazole rings is 1. The van der Waals surface area contributed by atoms with Crippen molar-refractivity contribution in [2.24, 2.45) is 12.8 Å². The van der Waals surface area contributed by atoms with Crippen LogP contribution in [-0.2, 0) is 20.0 Å². The summed E-state index contributed by atoms with van der Waals surface area (Å²) < 4.78 is 8.87. The molecule has 5 heterocycles. The molecule has 0 aliphatic carbocycles. The van der Waals surface area contributed by atoms with Crippen LogP contribution in [0.25, 0.3) is 21.3 Å². The fourth-order valence-corrected chi connectivity index (χ4v) is 4.42. The average Bonchev–Trinajstić information content (AvgIpc) is 3.45. The number of fused-ring (bicyclic) bond motifs is 3. The SMILES string of the molecule is Cn1c2nc(Cc3ccn[nH]3)sc2c2cnn(Cc3ncoc3C(N)=O)c(=O)c21. The largest absolute Gasteiger partial charge is 0.438 e. The lowest BCUT2D eigenvalue weighted by Crippen LogP contribution is -2.26. The van der Waals surface area contributed by atoms with Crippen molar-refractivity contribution < 1.29 is 9.21 Å². The Labute approximate surface area is 165 Å². The van der Waals surface area contributed by atoms with Gasteiger partial charge in [-0.2, -0.15) is 10.2 Å². The minimum absolute atomic E-state index is 0.0269. The zero-order valence-corrected chi connectivity index (χ0v) is 15.9. The molecule has 0 radical (unpaired) electrons. The Morgan fingerprint density at radius 2 is 2.28 bits per heavy atom. The molecule has 3 N–H and O–H groups in total. The predicted molar refractivity (Wildman–Crippen MR) is 104 cm³/mol. The highest BCUT2D eigenvalue weighted by atomic mass is 32.1. The number of nitrogens with zero attached hydrogens (tertiary/aromatic N) is 6. The molecule has 0 saturated carbocycles. The lowest BCUT2D eigenvalue weighted by molar-refractivity contribution is 0.0972. The Hall–Kier alpha value is -3.80. The number of nitrogens with two attached hydrogens (primary N) is 1. The van der Waals surface area contributed by atoms with Crippen LogP contribution in [-0.4, -0.2) is 40.4 Å². The number of carbonyl (C=O) groups excluding carboxylic acids is 1. The van der Waals surface area contributed by atoms with Crippen LogP contribution in [0.15, 0.2) is 34.1 Å². The minimum Gasteiger partial charge on any atom is -0.438 e. The molecule has 11 nitrogen and oxygen atoms in total. The van der Waals surface area contributed by atoms with Crippen LogP contribution in [0.5, 0.6) is 0 Å². The number of H-pyrrole nitrogens is 1. The predicted octanol–water partition coefficient (Wildman–Crippen LogP) is 0.794. The third kappa shape index (κ3) is 2.72. The van der Waals surface area contributed by atoms with Crippen LogP contribution in [0.2, 0.25) is 0 Å². The topological polar surface area (TPSA) is 151 Å². The molecule has 0 aliphatic rings. The van der Waals surface area contributed by atoms with Gasteiger partial charge >= 0.3 is 0 Å². The zero-order chi connectivity index (χ0) is 20.1. The molecule has 0 unspecified atom stereocenters. The van der Waals surface area contributed by atoms with Gasteiger partial charge in [-0.05, 0) is 6.07 Å². The van der Waals surface area contributed by atoms with E-state index >= 15 is 0 Å². The van der Waals surface area contributed by atoms with Crippen molar-refractivity contribution in [3.05, 3.63) is 57.4 Å². The van der Waals surface area contributed by atoms with E-state index < -0.39 is 5.91 Å². The molecule has 0 atom stereocenters. The van der Waals surface area contributed by atoms with Crippen LogP contribution >= 0.6 is 11.3 Å². The van der Waals surface area contributed by atoms with Gasteiger partial charge in [0.25, 0.3) is 11.5 Å². The molecule has 0 aromatic carbocycles. The van der Waals surface area contributed by atoms with Crippen LogP contribution < -0.4 is 11.3 Å². The molecule has 0 aliphatic heterocycles. The summed E-state index contributed by atoms with van der Waals surface area (Å²) in [5.41, 5.74) is 7.36. The third-order valence-electron chi connectivity index (χ3n) is 4.63. The van der Waals surface area contributed by atoms with E-state index in [9.17, 15) is 9.59 Å². The van der Waals surface area contributed by atoms with E-state index in [-0.39, 0.29) is 23.6 Å². The standard InChI is InChI=1S/C17H14N8O3S/c1-24-12-9(14-16(24)22-11(29-14)4-8-2-3-20-23-8)5-21-25(17(12)27)6-10-13(15(18)26)28-7-19-10/h2-3,5,7H,4,6H2,1H3,(H2,18,26)(H,20,23). The molecule has 0 fully saturated rings. The van der Waals surface area contributed by atoms with Crippen molar-refractivity contribution in [3.63, 3.8) is 0 Å². The number of aromatic amines is 1. The zero-order valence-electron chi connectivity index (χ0n) is 15.1. The van der Waals surface area contributed by atoms with E-state index in [1.165, 1.54) is 16.0 Å². The van der Waals surface area contributed by atoms with E-state index in [2.05, 4.69) is 25.3 Å². The normalized spacial score (nSPS) is 11.6. The number of hydrogen-bond donors (Lipinski definition) is 2. The summed E-state index contributed by atoms with van der Waals surface area (Å²) >= 11 is 1.52. The number of aromatic nitrogens is 7. The van der Waals surface area contributed by atoms with Crippen molar-refractivity contribution in [3.8, 4) is 0 Å². The number of carbonyl (C=O) groups is 1. The summed E-state index contributed by atoms with van der Waals surface area (Å²) in [7, 11) is 1.79. The number of thiazole rings is 1. The van der Waals surface area contributed by atoms with Crippen molar-refractivity contribution >= 4 is 38.5 Å². The second-order valence-corrected chi connectivity index (χ2v) is 7.52. The second kappa shape index (κ2) is 6.38. The van der Waals surface area contributed by atoms with E-state index in [0.717, 1.165) is 32.8 Å². The van der Waals surface area contributed by atoms with Crippen LogP contribution in [0.1, 0.15) is 27.0 Å². The second-order valence-electron chi connectivity index (χ2n) is 6.44. The third-order valence-corrected chi connectivity index (χ3v) is 5.71.